The summed E-state index contributed by atoms with van der Waals surface area (Å²) in [5.74, 6) is -2.79. The Bertz CT molecular complexity index is 477. The van der Waals surface area contributed by atoms with Gasteiger partial charge in [0.15, 0.2) is 6.10 Å². The van der Waals surface area contributed by atoms with Crippen molar-refractivity contribution in [1.82, 2.24) is 0 Å². The number of benzene rings is 1. The summed E-state index contributed by atoms with van der Waals surface area (Å²) in [6, 6.07) is 2.88. The molecule has 2 unspecified atom stereocenters. The molecular formula is C11H12FNO5. The Hall–Kier alpha value is -1.99. The monoisotopic (exact) mass is 257 g/mol. The first-order valence-corrected chi connectivity index (χ1v) is 4.91. The molecule has 1 amide bonds. The van der Waals surface area contributed by atoms with Crippen LogP contribution in [0.2, 0.25) is 0 Å². The standard InChI is InChI=1S/C11H12FNO5/c1-18-11(17)6-2-5(3-7(12)4-6)8(14)9(15)10(13)16/h2-4,8-9,14-15H,1H3,(H2,13,16). The van der Waals surface area contributed by atoms with Crippen LogP contribution in [0.15, 0.2) is 18.2 Å². The van der Waals surface area contributed by atoms with E-state index in [1.165, 1.54) is 0 Å². The number of rotatable bonds is 4. The van der Waals surface area contributed by atoms with Gasteiger partial charge in [-0.15, -0.1) is 0 Å². The van der Waals surface area contributed by atoms with E-state index in [9.17, 15) is 24.2 Å². The van der Waals surface area contributed by atoms with E-state index in [1.807, 2.05) is 0 Å². The quantitative estimate of drug-likeness (QED) is 0.629. The molecule has 18 heavy (non-hydrogen) atoms. The number of primary amides is 1. The molecule has 4 N–H and O–H groups in total. The Labute approximate surface area is 102 Å². The molecule has 6 nitrogen and oxygen atoms in total. The molecule has 0 heterocycles. The van der Waals surface area contributed by atoms with Crippen LogP contribution < -0.4 is 5.73 Å². The minimum absolute atomic E-state index is 0.150. The fourth-order valence-electron chi connectivity index (χ4n) is 1.36. The van der Waals surface area contributed by atoms with Crippen molar-refractivity contribution in [3.8, 4) is 0 Å². The van der Waals surface area contributed by atoms with Crippen molar-refractivity contribution in [3.05, 3.63) is 35.1 Å². The van der Waals surface area contributed by atoms with Crippen LogP contribution in [0.5, 0.6) is 0 Å². The van der Waals surface area contributed by atoms with Crippen LogP contribution in [-0.2, 0) is 9.53 Å². The smallest absolute Gasteiger partial charge is 0.337 e. The third-order valence-electron chi connectivity index (χ3n) is 2.27. The largest absolute Gasteiger partial charge is 0.465 e. The number of aliphatic hydroxyl groups excluding tert-OH is 2. The van der Waals surface area contributed by atoms with E-state index in [1.54, 1.807) is 0 Å². The molecule has 0 fully saturated rings. The first-order chi connectivity index (χ1) is 8.36. The zero-order valence-corrected chi connectivity index (χ0v) is 9.46. The van der Waals surface area contributed by atoms with Crippen LogP contribution in [0, 0.1) is 5.82 Å². The fourth-order valence-corrected chi connectivity index (χ4v) is 1.36. The molecule has 0 aliphatic heterocycles. The zero-order chi connectivity index (χ0) is 13.9. The Kier molecular flexibility index (Phi) is 4.35. The van der Waals surface area contributed by atoms with E-state index in [2.05, 4.69) is 4.74 Å². The topological polar surface area (TPSA) is 110 Å². The third kappa shape index (κ3) is 3.02. The maximum atomic E-state index is 13.2. The summed E-state index contributed by atoms with van der Waals surface area (Å²) < 4.78 is 17.6. The number of methoxy groups -OCH3 is 1. The summed E-state index contributed by atoms with van der Waals surface area (Å²) in [6.07, 6.45) is -3.61. The Morgan fingerprint density at radius 3 is 2.44 bits per heavy atom. The van der Waals surface area contributed by atoms with Gasteiger partial charge in [0.2, 0.25) is 5.91 Å². The summed E-state index contributed by atoms with van der Waals surface area (Å²) in [5.41, 5.74) is 4.50. The first kappa shape index (κ1) is 14.1. The van der Waals surface area contributed by atoms with E-state index in [-0.39, 0.29) is 11.1 Å². The summed E-state index contributed by atoms with van der Waals surface area (Å²) in [7, 11) is 1.11. The van der Waals surface area contributed by atoms with Gasteiger partial charge < -0.3 is 20.7 Å². The van der Waals surface area contributed by atoms with Crippen LogP contribution in [0.1, 0.15) is 22.0 Å². The molecule has 0 radical (unpaired) electrons. The second-order valence-electron chi connectivity index (χ2n) is 3.56. The normalized spacial score (nSPS) is 13.8. The molecule has 0 spiro atoms. The molecule has 0 saturated carbocycles. The summed E-state index contributed by atoms with van der Waals surface area (Å²) >= 11 is 0. The molecule has 0 saturated heterocycles. The molecule has 98 valence electrons. The molecule has 1 rings (SSSR count). The van der Waals surface area contributed by atoms with Crippen molar-refractivity contribution >= 4 is 11.9 Å². The van der Waals surface area contributed by atoms with Gasteiger partial charge in [-0.1, -0.05) is 0 Å². The number of carbonyl (C=O) groups is 2. The van der Waals surface area contributed by atoms with E-state index >= 15 is 0 Å². The van der Waals surface area contributed by atoms with Gasteiger partial charge >= 0.3 is 5.97 Å². The van der Waals surface area contributed by atoms with Crippen LogP contribution in [0.4, 0.5) is 4.39 Å². The van der Waals surface area contributed by atoms with Crippen molar-refractivity contribution in [2.24, 2.45) is 5.73 Å². The van der Waals surface area contributed by atoms with Crippen molar-refractivity contribution in [1.29, 1.82) is 0 Å². The predicted octanol–water partition coefficient (Wildman–Crippen LogP) is -0.508. The molecule has 0 aliphatic rings. The summed E-state index contributed by atoms with van der Waals surface area (Å²) in [5, 5.41) is 18.9. The highest BCUT2D eigenvalue weighted by Crippen LogP contribution is 2.20. The van der Waals surface area contributed by atoms with Gasteiger partial charge in [-0.2, -0.15) is 0 Å². The molecule has 1 aromatic carbocycles. The van der Waals surface area contributed by atoms with Crippen LogP contribution in [0.25, 0.3) is 0 Å². The van der Waals surface area contributed by atoms with Gasteiger partial charge in [0.1, 0.15) is 11.9 Å². The van der Waals surface area contributed by atoms with Crippen molar-refractivity contribution < 1.29 is 28.9 Å². The maximum absolute atomic E-state index is 13.2. The molecule has 1 aromatic rings. The lowest BCUT2D eigenvalue weighted by atomic mass is 10.0. The number of amides is 1. The van der Waals surface area contributed by atoms with Crippen molar-refractivity contribution in [3.63, 3.8) is 0 Å². The molecule has 0 aliphatic carbocycles. The molecular weight excluding hydrogens is 245 g/mol. The second kappa shape index (κ2) is 5.56. The van der Waals surface area contributed by atoms with Gasteiger partial charge in [0.05, 0.1) is 12.7 Å². The highest BCUT2D eigenvalue weighted by atomic mass is 19.1. The lowest BCUT2D eigenvalue weighted by molar-refractivity contribution is -0.131. The molecule has 0 bridgehead atoms. The lowest BCUT2D eigenvalue weighted by Gasteiger charge is -2.15. The number of carbonyl (C=O) groups excluding carboxylic acids is 2. The molecule has 7 heteroatoms. The SMILES string of the molecule is COC(=O)c1cc(F)cc(C(O)C(O)C(N)=O)c1. The highest BCUT2D eigenvalue weighted by Gasteiger charge is 2.25. The number of hydrogen-bond acceptors (Lipinski definition) is 5. The minimum atomic E-state index is -1.89. The number of halogens is 1. The minimum Gasteiger partial charge on any atom is -0.465 e. The van der Waals surface area contributed by atoms with E-state index in [4.69, 9.17) is 5.73 Å². The van der Waals surface area contributed by atoms with Crippen LogP contribution in [0.3, 0.4) is 0 Å². The number of hydrogen-bond donors (Lipinski definition) is 3. The van der Waals surface area contributed by atoms with Crippen LogP contribution >= 0.6 is 0 Å². The first-order valence-electron chi connectivity index (χ1n) is 4.91. The van der Waals surface area contributed by atoms with E-state index in [0.717, 1.165) is 25.3 Å². The average Bonchev–Trinajstić information content (AvgIpc) is 2.34. The second-order valence-corrected chi connectivity index (χ2v) is 3.56. The number of esters is 1. The number of nitrogens with two attached hydrogens (primary N) is 1. The maximum Gasteiger partial charge on any atom is 0.337 e. The van der Waals surface area contributed by atoms with E-state index < -0.39 is 29.9 Å². The fraction of sp³-hybridized carbons (Fsp3) is 0.273. The number of aliphatic hydroxyl groups is 2. The van der Waals surface area contributed by atoms with Gasteiger partial charge in [-0.25, -0.2) is 9.18 Å². The lowest BCUT2D eigenvalue weighted by Crippen LogP contribution is -2.34. The van der Waals surface area contributed by atoms with Crippen molar-refractivity contribution in [2.75, 3.05) is 7.11 Å². The van der Waals surface area contributed by atoms with Crippen LogP contribution in [-0.4, -0.2) is 35.3 Å². The third-order valence-corrected chi connectivity index (χ3v) is 2.27. The van der Waals surface area contributed by atoms with Gasteiger partial charge in [-0.3, -0.25) is 4.79 Å². The Balaban J connectivity index is 3.13. The molecule has 0 aromatic heterocycles. The number of ether oxygens (including phenoxy) is 1. The Morgan fingerprint density at radius 1 is 1.33 bits per heavy atom. The van der Waals surface area contributed by atoms with Gasteiger partial charge in [0.25, 0.3) is 0 Å². The van der Waals surface area contributed by atoms with Crippen molar-refractivity contribution in [2.45, 2.75) is 12.2 Å². The van der Waals surface area contributed by atoms with Gasteiger partial charge in [0, 0.05) is 0 Å². The average molecular weight is 257 g/mol. The molecule has 2 atom stereocenters. The Morgan fingerprint density at radius 2 is 1.94 bits per heavy atom. The van der Waals surface area contributed by atoms with E-state index in [0.29, 0.717) is 0 Å². The predicted molar refractivity (Wildman–Crippen MR) is 57.9 cm³/mol. The highest BCUT2D eigenvalue weighted by molar-refractivity contribution is 5.89. The zero-order valence-electron chi connectivity index (χ0n) is 9.46. The van der Waals surface area contributed by atoms with Gasteiger partial charge in [-0.05, 0) is 23.8 Å². The summed E-state index contributed by atoms with van der Waals surface area (Å²) in [4.78, 5) is 21.9. The summed E-state index contributed by atoms with van der Waals surface area (Å²) in [6.45, 7) is 0.